The molecule has 3 heteroatoms. The highest BCUT2D eigenvalue weighted by Gasteiger charge is 2.16. The van der Waals surface area contributed by atoms with Crippen LogP contribution in [0.5, 0.6) is 0 Å². The van der Waals surface area contributed by atoms with E-state index < -0.39 is 0 Å². The lowest BCUT2D eigenvalue weighted by Crippen LogP contribution is -2.27. The van der Waals surface area contributed by atoms with E-state index in [1.807, 2.05) is 18.2 Å². The largest absolute Gasteiger partial charge is 0.310 e. The van der Waals surface area contributed by atoms with Gasteiger partial charge in [0.15, 0.2) is 0 Å². The van der Waals surface area contributed by atoms with Gasteiger partial charge in [-0.05, 0) is 55.8 Å². The van der Waals surface area contributed by atoms with Crippen molar-refractivity contribution in [1.82, 2.24) is 5.32 Å². The highest BCUT2D eigenvalue weighted by molar-refractivity contribution is 6.35. The minimum Gasteiger partial charge on any atom is -0.310 e. The highest BCUT2D eigenvalue weighted by Crippen LogP contribution is 2.28. The van der Waals surface area contributed by atoms with E-state index in [4.69, 9.17) is 23.2 Å². The first-order valence-electron chi connectivity index (χ1n) is 7.04. The second-order valence-electron chi connectivity index (χ2n) is 5.19. The average Bonchev–Trinajstić information content (AvgIpc) is 2.42. The Morgan fingerprint density at radius 2 is 2.16 bits per heavy atom. The third-order valence-electron chi connectivity index (χ3n) is 3.78. The van der Waals surface area contributed by atoms with Crippen molar-refractivity contribution in [2.45, 2.75) is 38.6 Å². The minimum atomic E-state index is 0.315. The van der Waals surface area contributed by atoms with E-state index in [2.05, 4.69) is 24.4 Å². The quantitative estimate of drug-likeness (QED) is 0.719. The lowest BCUT2D eigenvalue weighted by Gasteiger charge is -2.24. The molecule has 0 fully saturated rings. The molecule has 0 aromatic heterocycles. The fourth-order valence-corrected chi connectivity index (χ4v) is 3.15. The molecule has 1 nitrogen and oxygen atoms in total. The molecule has 104 valence electrons. The van der Waals surface area contributed by atoms with Crippen molar-refractivity contribution in [3.8, 4) is 0 Å². The lowest BCUT2D eigenvalue weighted by molar-refractivity contribution is 0.401. The van der Waals surface area contributed by atoms with Crippen molar-refractivity contribution >= 4 is 23.2 Å². The summed E-state index contributed by atoms with van der Waals surface area (Å²) in [4.78, 5) is 0. The zero-order chi connectivity index (χ0) is 13.7. The Morgan fingerprint density at radius 3 is 2.79 bits per heavy atom. The molecular weight excluding hydrogens is 277 g/mol. The van der Waals surface area contributed by atoms with Crippen molar-refractivity contribution in [3.05, 3.63) is 46.0 Å². The zero-order valence-electron chi connectivity index (χ0n) is 11.3. The molecule has 1 aliphatic rings. The molecule has 0 saturated heterocycles. The fourth-order valence-electron chi connectivity index (χ4n) is 2.61. The van der Waals surface area contributed by atoms with Crippen LogP contribution in [0.25, 0.3) is 0 Å². The van der Waals surface area contributed by atoms with Crippen LogP contribution in [0.2, 0.25) is 10.0 Å². The molecule has 0 saturated carbocycles. The van der Waals surface area contributed by atoms with Crippen molar-refractivity contribution in [3.63, 3.8) is 0 Å². The predicted molar refractivity (Wildman–Crippen MR) is 84.0 cm³/mol. The van der Waals surface area contributed by atoms with E-state index in [0.29, 0.717) is 11.1 Å². The molecule has 0 bridgehead atoms. The van der Waals surface area contributed by atoms with Gasteiger partial charge in [-0.2, -0.15) is 0 Å². The van der Waals surface area contributed by atoms with Crippen LogP contribution in [0.4, 0.5) is 0 Å². The molecule has 2 atom stereocenters. The van der Waals surface area contributed by atoms with Crippen LogP contribution in [0, 0.1) is 5.92 Å². The van der Waals surface area contributed by atoms with E-state index in [-0.39, 0.29) is 0 Å². The van der Waals surface area contributed by atoms with Gasteiger partial charge >= 0.3 is 0 Å². The van der Waals surface area contributed by atoms with Gasteiger partial charge in [0.1, 0.15) is 0 Å². The van der Waals surface area contributed by atoms with Crippen molar-refractivity contribution in [2.75, 3.05) is 6.54 Å². The molecule has 1 N–H and O–H groups in total. The van der Waals surface area contributed by atoms with Crippen LogP contribution in [0.15, 0.2) is 30.4 Å². The molecule has 19 heavy (non-hydrogen) atoms. The van der Waals surface area contributed by atoms with Crippen LogP contribution in [0.1, 0.15) is 44.2 Å². The summed E-state index contributed by atoms with van der Waals surface area (Å²) in [5.74, 6) is 0.755. The molecule has 1 aromatic carbocycles. The summed E-state index contributed by atoms with van der Waals surface area (Å²) in [6, 6.07) is 6.09. The van der Waals surface area contributed by atoms with Gasteiger partial charge in [0.05, 0.1) is 0 Å². The van der Waals surface area contributed by atoms with Crippen molar-refractivity contribution in [2.24, 2.45) is 5.92 Å². The van der Waals surface area contributed by atoms with Gasteiger partial charge in [-0.15, -0.1) is 0 Å². The number of benzene rings is 1. The Labute approximate surface area is 126 Å². The highest BCUT2D eigenvalue weighted by atomic mass is 35.5. The van der Waals surface area contributed by atoms with Crippen molar-refractivity contribution in [1.29, 1.82) is 0 Å². The van der Waals surface area contributed by atoms with E-state index in [0.717, 1.165) is 29.5 Å². The SMILES string of the molecule is CCC(NCC1CC=CCC1)c1ccc(Cl)cc1Cl. The Hall–Kier alpha value is -0.500. The maximum Gasteiger partial charge on any atom is 0.0468 e. The number of halogens is 2. The number of allylic oxidation sites excluding steroid dienone is 2. The number of hydrogen-bond acceptors (Lipinski definition) is 1. The summed E-state index contributed by atoms with van der Waals surface area (Å²) >= 11 is 12.2. The summed E-state index contributed by atoms with van der Waals surface area (Å²) in [7, 11) is 0. The Morgan fingerprint density at radius 1 is 1.32 bits per heavy atom. The van der Waals surface area contributed by atoms with Gasteiger partial charge in [-0.1, -0.05) is 48.3 Å². The number of nitrogens with one attached hydrogen (secondary N) is 1. The zero-order valence-corrected chi connectivity index (χ0v) is 12.8. The first-order chi connectivity index (χ1) is 9.20. The summed E-state index contributed by atoms with van der Waals surface area (Å²) < 4.78 is 0. The first-order valence-corrected chi connectivity index (χ1v) is 7.79. The van der Waals surface area contributed by atoms with Crippen molar-refractivity contribution < 1.29 is 0 Å². The molecule has 0 aliphatic heterocycles. The maximum absolute atomic E-state index is 6.29. The first kappa shape index (κ1) is 14.9. The molecule has 2 rings (SSSR count). The molecule has 0 radical (unpaired) electrons. The molecule has 1 aliphatic carbocycles. The maximum atomic E-state index is 6.29. The number of hydrogen-bond donors (Lipinski definition) is 1. The van der Waals surface area contributed by atoms with E-state index in [1.165, 1.54) is 19.3 Å². The summed E-state index contributed by atoms with van der Waals surface area (Å²) in [6.07, 6.45) is 9.30. The Balaban J connectivity index is 1.97. The Bertz CT molecular complexity index is 442. The summed E-state index contributed by atoms with van der Waals surface area (Å²) in [5, 5.41) is 5.11. The topological polar surface area (TPSA) is 12.0 Å². The van der Waals surface area contributed by atoms with E-state index in [1.54, 1.807) is 0 Å². The fraction of sp³-hybridized carbons (Fsp3) is 0.500. The molecular formula is C16H21Cl2N. The van der Waals surface area contributed by atoms with Crippen LogP contribution in [-0.4, -0.2) is 6.54 Å². The smallest absolute Gasteiger partial charge is 0.0468 e. The summed E-state index contributed by atoms with van der Waals surface area (Å²) in [5.41, 5.74) is 1.15. The molecule has 0 amide bonds. The normalized spacial score (nSPS) is 20.5. The molecule has 1 aromatic rings. The molecule has 0 heterocycles. The standard InChI is InChI=1S/C16H21Cl2N/c1-2-16(14-9-8-13(17)10-15(14)18)19-11-12-6-4-3-5-7-12/h3-4,8-10,12,16,19H,2,5-7,11H2,1H3. The van der Waals surface area contributed by atoms with E-state index in [9.17, 15) is 0 Å². The average molecular weight is 298 g/mol. The summed E-state index contributed by atoms with van der Waals surface area (Å²) in [6.45, 7) is 3.24. The predicted octanol–water partition coefficient (Wildman–Crippen LogP) is 5.39. The third kappa shape index (κ3) is 4.24. The van der Waals surface area contributed by atoms with Gasteiger partial charge in [0.25, 0.3) is 0 Å². The van der Waals surface area contributed by atoms with Crippen LogP contribution < -0.4 is 5.32 Å². The van der Waals surface area contributed by atoms with Crippen LogP contribution in [-0.2, 0) is 0 Å². The minimum absolute atomic E-state index is 0.315. The van der Waals surface area contributed by atoms with Crippen LogP contribution >= 0.6 is 23.2 Å². The van der Waals surface area contributed by atoms with Gasteiger partial charge in [-0.3, -0.25) is 0 Å². The van der Waals surface area contributed by atoms with Gasteiger partial charge in [-0.25, -0.2) is 0 Å². The lowest BCUT2D eigenvalue weighted by atomic mass is 9.93. The Kier molecular flexibility index (Phi) is 5.75. The van der Waals surface area contributed by atoms with Gasteiger partial charge < -0.3 is 5.32 Å². The van der Waals surface area contributed by atoms with Crippen LogP contribution in [0.3, 0.4) is 0 Å². The molecule has 2 unspecified atom stereocenters. The second kappa shape index (κ2) is 7.33. The second-order valence-corrected chi connectivity index (χ2v) is 6.03. The molecule has 0 spiro atoms. The van der Waals surface area contributed by atoms with Gasteiger partial charge in [0, 0.05) is 16.1 Å². The monoisotopic (exact) mass is 297 g/mol. The number of rotatable bonds is 5. The van der Waals surface area contributed by atoms with Gasteiger partial charge in [0.2, 0.25) is 0 Å². The van der Waals surface area contributed by atoms with E-state index >= 15 is 0 Å². The third-order valence-corrected chi connectivity index (χ3v) is 4.34.